The van der Waals surface area contributed by atoms with Crippen molar-refractivity contribution in [1.29, 1.82) is 0 Å². The first kappa shape index (κ1) is 7.90. The third-order valence-electron chi connectivity index (χ3n) is 2.05. The number of nitrogens with two attached hydrogens (primary N) is 1. The van der Waals surface area contributed by atoms with Crippen molar-refractivity contribution in [3.05, 3.63) is 34.6 Å². The van der Waals surface area contributed by atoms with Gasteiger partial charge >= 0.3 is 0 Å². The molecular weight excluding hydrogens is 174 g/mol. The lowest BCUT2D eigenvalue weighted by molar-refractivity contribution is 0.124. The average molecular weight is 184 g/mol. The number of allylic oxidation sites excluding steroid dienone is 3. The van der Waals surface area contributed by atoms with Crippen LogP contribution in [0.5, 0.6) is 0 Å². The van der Waals surface area contributed by atoms with Crippen molar-refractivity contribution in [1.82, 2.24) is 0 Å². The molecule has 1 aliphatic heterocycles. The van der Waals surface area contributed by atoms with Gasteiger partial charge < -0.3 is 10.5 Å². The molecule has 64 valence electrons. The summed E-state index contributed by atoms with van der Waals surface area (Å²) >= 11 is 5.91. The highest BCUT2D eigenvalue weighted by Crippen LogP contribution is 2.34. The molecule has 0 aromatic rings. The predicted molar refractivity (Wildman–Crippen MR) is 48.6 cm³/mol. The highest BCUT2D eigenvalue weighted by Gasteiger charge is 2.22. The van der Waals surface area contributed by atoms with Gasteiger partial charge in [-0.05, 0) is 12.2 Å². The molecule has 3 heteroatoms. The Balaban J connectivity index is 2.21. The van der Waals surface area contributed by atoms with Crippen molar-refractivity contribution < 1.29 is 4.74 Å². The fourth-order valence-electron chi connectivity index (χ4n) is 1.37. The van der Waals surface area contributed by atoms with Gasteiger partial charge in [0.2, 0.25) is 0 Å². The first-order valence-corrected chi connectivity index (χ1v) is 4.34. The third-order valence-corrected chi connectivity index (χ3v) is 2.37. The molecule has 1 heterocycles. The Labute approximate surface area is 76.3 Å². The lowest BCUT2D eigenvalue weighted by Crippen LogP contribution is -2.25. The maximum Gasteiger partial charge on any atom is 0.128 e. The molecule has 0 fully saturated rings. The van der Waals surface area contributed by atoms with E-state index in [0.717, 1.165) is 22.8 Å². The van der Waals surface area contributed by atoms with Gasteiger partial charge in [-0.2, -0.15) is 0 Å². The van der Waals surface area contributed by atoms with E-state index in [2.05, 4.69) is 6.08 Å². The molecule has 2 N–H and O–H groups in total. The Morgan fingerprint density at radius 2 is 2.42 bits per heavy atom. The van der Waals surface area contributed by atoms with Gasteiger partial charge in [0.1, 0.15) is 11.9 Å². The molecule has 12 heavy (non-hydrogen) atoms. The molecule has 2 nitrogen and oxygen atoms in total. The number of ether oxygens (including phenoxy) is 1. The van der Waals surface area contributed by atoms with Crippen LogP contribution in [-0.4, -0.2) is 12.6 Å². The van der Waals surface area contributed by atoms with Crippen molar-refractivity contribution in [2.75, 3.05) is 6.54 Å². The van der Waals surface area contributed by atoms with E-state index in [1.54, 1.807) is 0 Å². The molecule has 0 radical (unpaired) electrons. The van der Waals surface area contributed by atoms with Crippen molar-refractivity contribution in [3.63, 3.8) is 0 Å². The van der Waals surface area contributed by atoms with Crippen LogP contribution >= 0.6 is 11.6 Å². The van der Waals surface area contributed by atoms with Crippen molar-refractivity contribution >= 4 is 11.6 Å². The molecular formula is C9H10ClNO. The van der Waals surface area contributed by atoms with E-state index in [1.807, 2.05) is 12.2 Å². The van der Waals surface area contributed by atoms with Gasteiger partial charge in [-0.3, -0.25) is 0 Å². The van der Waals surface area contributed by atoms with E-state index in [9.17, 15) is 0 Å². The van der Waals surface area contributed by atoms with E-state index in [1.165, 1.54) is 0 Å². The van der Waals surface area contributed by atoms with Crippen LogP contribution in [0.15, 0.2) is 34.6 Å². The van der Waals surface area contributed by atoms with Gasteiger partial charge in [-0.25, -0.2) is 0 Å². The standard InChI is InChI=1S/C9H10ClNO/c10-8-3-4-9-7(8)2-1-6(5-11)12-9/h2-4,6H,1,5,11H2. The Morgan fingerprint density at radius 1 is 1.58 bits per heavy atom. The van der Waals surface area contributed by atoms with Crippen LogP contribution in [0, 0.1) is 0 Å². The van der Waals surface area contributed by atoms with Gasteiger partial charge in [-0.15, -0.1) is 0 Å². The van der Waals surface area contributed by atoms with Gasteiger partial charge in [-0.1, -0.05) is 17.7 Å². The SMILES string of the molecule is NCC1CC=C2C(Cl)=CC=C2O1. The van der Waals surface area contributed by atoms with Crippen LogP contribution in [0.1, 0.15) is 6.42 Å². The van der Waals surface area contributed by atoms with Crippen LogP contribution in [-0.2, 0) is 4.74 Å². The highest BCUT2D eigenvalue weighted by atomic mass is 35.5. The van der Waals surface area contributed by atoms with E-state index in [-0.39, 0.29) is 6.10 Å². The Bertz CT molecular complexity index is 291. The minimum atomic E-state index is 0.121. The molecule has 0 spiro atoms. The maximum absolute atomic E-state index is 5.91. The molecule has 0 bridgehead atoms. The fraction of sp³-hybridized carbons (Fsp3) is 0.333. The average Bonchev–Trinajstić information content (AvgIpc) is 2.47. The molecule has 2 rings (SSSR count). The summed E-state index contributed by atoms with van der Waals surface area (Å²) in [5.74, 6) is 0.863. The van der Waals surface area contributed by atoms with Crippen molar-refractivity contribution in [2.24, 2.45) is 5.73 Å². The topological polar surface area (TPSA) is 35.2 Å². The summed E-state index contributed by atoms with van der Waals surface area (Å²) in [4.78, 5) is 0. The number of hydrogen-bond acceptors (Lipinski definition) is 2. The normalized spacial score (nSPS) is 26.8. The minimum Gasteiger partial charge on any atom is -0.488 e. The summed E-state index contributed by atoms with van der Waals surface area (Å²) < 4.78 is 5.56. The monoisotopic (exact) mass is 183 g/mol. The molecule has 2 aliphatic rings. The van der Waals surface area contributed by atoms with E-state index < -0.39 is 0 Å². The van der Waals surface area contributed by atoms with Gasteiger partial charge in [0.05, 0.1) is 5.03 Å². The van der Waals surface area contributed by atoms with E-state index >= 15 is 0 Å². The largest absolute Gasteiger partial charge is 0.488 e. The zero-order valence-electron chi connectivity index (χ0n) is 6.59. The van der Waals surface area contributed by atoms with Crippen LogP contribution < -0.4 is 5.73 Å². The molecule has 0 saturated carbocycles. The van der Waals surface area contributed by atoms with Gasteiger partial charge in [0.15, 0.2) is 0 Å². The second kappa shape index (κ2) is 2.96. The molecule has 0 aromatic carbocycles. The van der Waals surface area contributed by atoms with Gasteiger partial charge in [0.25, 0.3) is 0 Å². The third kappa shape index (κ3) is 1.17. The number of rotatable bonds is 1. The summed E-state index contributed by atoms with van der Waals surface area (Å²) in [6.07, 6.45) is 6.79. The van der Waals surface area contributed by atoms with Crippen molar-refractivity contribution in [2.45, 2.75) is 12.5 Å². The number of halogens is 1. The highest BCUT2D eigenvalue weighted by molar-refractivity contribution is 6.33. The summed E-state index contributed by atoms with van der Waals surface area (Å²) in [6.45, 7) is 0.554. The molecule has 1 atom stereocenters. The van der Waals surface area contributed by atoms with Crippen LogP contribution in [0.3, 0.4) is 0 Å². The summed E-state index contributed by atoms with van der Waals surface area (Å²) in [5.41, 5.74) is 6.50. The molecule has 0 saturated heterocycles. The smallest absolute Gasteiger partial charge is 0.128 e. The van der Waals surface area contributed by atoms with E-state index in [0.29, 0.717) is 6.54 Å². The molecule has 0 aromatic heterocycles. The zero-order valence-corrected chi connectivity index (χ0v) is 7.34. The first-order valence-electron chi connectivity index (χ1n) is 3.96. The van der Waals surface area contributed by atoms with Crippen molar-refractivity contribution in [3.8, 4) is 0 Å². The van der Waals surface area contributed by atoms with Crippen LogP contribution in [0.2, 0.25) is 0 Å². The summed E-state index contributed by atoms with van der Waals surface area (Å²) in [5, 5.41) is 0.764. The number of fused-ring (bicyclic) bond motifs is 1. The summed E-state index contributed by atoms with van der Waals surface area (Å²) in [6, 6.07) is 0. The quantitative estimate of drug-likeness (QED) is 0.672. The van der Waals surface area contributed by atoms with E-state index in [4.69, 9.17) is 22.1 Å². The second-order valence-electron chi connectivity index (χ2n) is 2.87. The lowest BCUT2D eigenvalue weighted by atomic mass is 10.1. The Kier molecular flexibility index (Phi) is 1.95. The van der Waals surface area contributed by atoms with Crippen LogP contribution in [0.4, 0.5) is 0 Å². The van der Waals surface area contributed by atoms with Crippen LogP contribution in [0.25, 0.3) is 0 Å². The summed E-state index contributed by atoms with van der Waals surface area (Å²) in [7, 11) is 0. The molecule has 1 unspecified atom stereocenters. The van der Waals surface area contributed by atoms with Gasteiger partial charge in [0, 0.05) is 18.5 Å². The first-order chi connectivity index (χ1) is 5.81. The minimum absolute atomic E-state index is 0.121. The number of hydrogen-bond donors (Lipinski definition) is 1. The second-order valence-corrected chi connectivity index (χ2v) is 3.28. The Hall–Kier alpha value is -0.730. The zero-order chi connectivity index (χ0) is 8.55. The predicted octanol–water partition coefficient (Wildman–Crippen LogP) is 1.68. The molecule has 1 aliphatic carbocycles. The maximum atomic E-state index is 5.91. The fourth-order valence-corrected chi connectivity index (χ4v) is 1.60. The Morgan fingerprint density at radius 3 is 3.17 bits per heavy atom. The lowest BCUT2D eigenvalue weighted by Gasteiger charge is -2.22. The molecule has 0 amide bonds.